The lowest BCUT2D eigenvalue weighted by Crippen LogP contribution is -2.35. The zero-order valence-electron chi connectivity index (χ0n) is 12.3. The third-order valence-electron chi connectivity index (χ3n) is 3.04. The molecule has 1 aromatic rings. The zero-order chi connectivity index (χ0) is 15.8. The molecular formula is C13H18BrN5O3. The number of halogens is 1. The molecule has 1 aliphatic rings. The van der Waals surface area contributed by atoms with Gasteiger partial charge in [0.1, 0.15) is 6.61 Å². The van der Waals surface area contributed by atoms with Crippen LogP contribution in [0.2, 0.25) is 0 Å². The summed E-state index contributed by atoms with van der Waals surface area (Å²) < 4.78 is 5.66. The first-order chi connectivity index (χ1) is 10.7. The molecule has 0 unspecified atom stereocenters. The summed E-state index contributed by atoms with van der Waals surface area (Å²) in [6, 6.07) is 0. The van der Waals surface area contributed by atoms with E-state index in [1.165, 1.54) is 7.05 Å². The lowest BCUT2D eigenvalue weighted by Gasteiger charge is -2.27. The lowest BCUT2D eigenvalue weighted by molar-refractivity contribution is 0.0769. The molecule has 0 atom stereocenters. The molecule has 8 nitrogen and oxygen atoms in total. The number of anilines is 1. The zero-order valence-corrected chi connectivity index (χ0v) is 13.9. The van der Waals surface area contributed by atoms with Gasteiger partial charge in [0.05, 0.1) is 10.2 Å². The molecule has 22 heavy (non-hydrogen) atoms. The molecule has 0 radical (unpaired) electrons. The van der Waals surface area contributed by atoms with Crippen molar-refractivity contribution in [3.63, 3.8) is 0 Å². The third-order valence-corrected chi connectivity index (χ3v) is 3.45. The van der Waals surface area contributed by atoms with E-state index in [0.29, 0.717) is 0 Å². The van der Waals surface area contributed by atoms with Crippen LogP contribution in [0.25, 0.3) is 0 Å². The summed E-state index contributed by atoms with van der Waals surface area (Å²) >= 11 is 3.32. The first-order valence-electron chi connectivity index (χ1n) is 6.93. The molecule has 0 bridgehead atoms. The molecule has 1 amide bonds. The van der Waals surface area contributed by atoms with Gasteiger partial charge >= 0.3 is 6.09 Å². The maximum Gasteiger partial charge on any atom is 0.406 e. The minimum atomic E-state index is -0.473. The van der Waals surface area contributed by atoms with Crippen LogP contribution in [-0.4, -0.2) is 55.1 Å². The predicted molar refractivity (Wildman–Crippen MR) is 85.0 cm³/mol. The second kappa shape index (κ2) is 8.52. The summed E-state index contributed by atoms with van der Waals surface area (Å²) in [4.78, 5) is 26.6. The summed E-state index contributed by atoms with van der Waals surface area (Å²) in [7, 11) is 1.51. The van der Waals surface area contributed by atoms with E-state index in [-0.39, 0.29) is 13.2 Å². The average molecular weight is 372 g/mol. The Kier molecular flexibility index (Phi) is 6.38. The molecule has 0 spiro atoms. The van der Waals surface area contributed by atoms with Crippen LogP contribution in [0.5, 0.6) is 0 Å². The number of carbonyl (C=O) groups is 1. The van der Waals surface area contributed by atoms with Gasteiger partial charge in [-0.05, 0) is 15.9 Å². The highest BCUT2D eigenvalue weighted by Gasteiger charge is 2.17. The molecule has 1 aromatic heterocycles. The van der Waals surface area contributed by atoms with Crippen molar-refractivity contribution in [3.8, 4) is 0 Å². The Balaban J connectivity index is 1.69. The van der Waals surface area contributed by atoms with Gasteiger partial charge in [-0.25, -0.2) is 14.8 Å². The molecule has 2 heterocycles. The van der Waals surface area contributed by atoms with Gasteiger partial charge in [0.25, 0.3) is 0 Å². The lowest BCUT2D eigenvalue weighted by atomic mass is 10.1. The van der Waals surface area contributed by atoms with Gasteiger partial charge in [0, 0.05) is 45.4 Å². The molecule has 0 aromatic carbocycles. The number of rotatable bonds is 5. The number of amides is 1. The Morgan fingerprint density at radius 1 is 1.36 bits per heavy atom. The van der Waals surface area contributed by atoms with E-state index in [0.717, 1.165) is 42.1 Å². The number of piperidine rings is 1. The van der Waals surface area contributed by atoms with Crippen molar-refractivity contribution in [1.82, 2.24) is 15.3 Å². The van der Waals surface area contributed by atoms with Crippen molar-refractivity contribution >= 4 is 33.7 Å². The van der Waals surface area contributed by atoms with Crippen LogP contribution in [0.15, 0.2) is 22.0 Å². The van der Waals surface area contributed by atoms with Gasteiger partial charge in [-0.1, -0.05) is 5.16 Å². The van der Waals surface area contributed by atoms with E-state index in [2.05, 4.69) is 41.3 Å². The van der Waals surface area contributed by atoms with Gasteiger partial charge in [-0.15, -0.1) is 0 Å². The number of nitrogens with zero attached hydrogens (tertiary/aromatic N) is 4. The third kappa shape index (κ3) is 5.14. The molecule has 1 N–H and O–H groups in total. The van der Waals surface area contributed by atoms with Crippen LogP contribution in [0, 0.1) is 0 Å². The number of carbonyl (C=O) groups excluding carboxylic acids is 1. The normalized spacial score (nSPS) is 14.5. The van der Waals surface area contributed by atoms with Gasteiger partial charge < -0.3 is 19.8 Å². The van der Waals surface area contributed by atoms with Crippen molar-refractivity contribution in [2.75, 3.05) is 38.3 Å². The smallest absolute Gasteiger partial charge is 0.406 e. The Hall–Kier alpha value is -1.90. The number of aromatic nitrogens is 2. The topological polar surface area (TPSA) is 88.9 Å². The highest BCUT2D eigenvalue weighted by molar-refractivity contribution is 9.10. The van der Waals surface area contributed by atoms with Crippen molar-refractivity contribution in [1.29, 1.82) is 0 Å². The fourth-order valence-corrected chi connectivity index (χ4v) is 2.11. The fourth-order valence-electron chi connectivity index (χ4n) is 1.91. The number of hydrogen-bond acceptors (Lipinski definition) is 7. The Labute approximate surface area is 137 Å². The highest BCUT2D eigenvalue weighted by atomic mass is 79.9. The van der Waals surface area contributed by atoms with Crippen LogP contribution in [0.4, 0.5) is 10.7 Å². The molecule has 1 saturated heterocycles. The van der Waals surface area contributed by atoms with Crippen LogP contribution < -0.4 is 10.2 Å². The Bertz CT molecular complexity index is 513. The SMILES string of the molecule is CNC(=O)OCCON=C1CCN(c2ncc(Br)cn2)CC1. The average Bonchev–Trinajstić information content (AvgIpc) is 2.55. The van der Waals surface area contributed by atoms with Gasteiger partial charge in [0.2, 0.25) is 5.95 Å². The maximum atomic E-state index is 10.8. The van der Waals surface area contributed by atoms with E-state index >= 15 is 0 Å². The number of ether oxygens (including phenoxy) is 1. The minimum absolute atomic E-state index is 0.176. The molecule has 0 saturated carbocycles. The molecule has 1 fully saturated rings. The van der Waals surface area contributed by atoms with Gasteiger partial charge in [0.15, 0.2) is 6.61 Å². The monoisotopic (exact) mass is 371 g/mol. The second-order valence-corrected chi connectivity index (χ2v) is 5.48. The van der Waals surface area contributed by atoms with Crippen LogP contribution >= 0.6 is 15.9 Å². The van der Waals surface area contributed by atoms with Crippen molar-refractivity contribution < 1.29 is 14.4 Å². The number of alkyl carbamates (subject to hydrolysis) is 1. The van der Waals surface area contributed by atoms with Crippen molar-refractivity contribution in [2.45, 2.75) is 12.8 Å². The standard InChI is InChI=1S/C13H18BrN5O3/c1-15-13(20)21-6-7-22-18-11-2-4-19(5-3-11)12-16-8-10(14)9-17-12/h8-9H,2-7H2,1H3,(H,15,20). The fraction of sp³-hybridized carbons (Fsp3) is 0.538. The molecule has 1 aliphatic heterocycles. The summed E-state index contributed by atoms with van der Waals surface area (Å²) in [6.07, 6.45) is 4.60. The van der Waals surface area contributed by atoms with Crippen LogP contribution in [0.1, 0.15) is 12.8 Å². The minimum Gasteiger partial charge on any atom is -0.446 e. The van der Waals surface area contributed by atoms with E-state index in [1.807, 2.05) is 0 Å². The van der Waals surface area contributed by atoms with Crippen LogP contribution in [-0.2, 0) is 9.57 Å². The molecule has 0 aliphatic carbocycles. The second-order valence-electron chi connectivity index (χ2n) is 4.56. The van der Waals surface area contributed by atoms with Crippen molar-refractivity contribution in [3.05, 3.63) is 16.9 Å². The Morgan fingerprint density at radius 3 is 2.68 bits per heavy atom. The number of hydrogen-bond donors (Lipinski definition) is 1. The summed E-state index contributed by atoms with van der Waals surface area (Å²) in [5.41, 5.74) is 0.994. The summed E-state index contributed by atoms with van der Waals surface area (Å²) in [6.45, 7) is 2.03. The molecule has 2 rings (SSSR count). The van der Waals surface area contributed by atoms with E-state index in [9.17, 15) is 4.79 Å². The van der Waals surface area contributed by atoms with Crippen LogP contribution in [0.3, 0.4) is 0 Å². The first kappa shape index (κ1) is 16.5. The number of oxime groups is 1. The summed E-state index contributed by atoms with van der Waals surface area (Å²) in [5, 5.41) is 6.43. The van der Waals surface area contributed by atoms with Gasteiger partial charge in [-0.2, -0.15) is 0 Å². The van der Waals surface area contributed by atoms with E-state index in [1.54, 1.807) is 12.4 Å². The first-order valence-corrected chi connectivity index (χ1v) is 7.73. The van der Waals surface area contributed by atoms with E-state index < -0.39 is 6.09 Å². The predicted octanol–water partition coefficient (Wildman–Crippen LogP) is 1.57. The summed E-state index contributed by atoms with van der Waals surface area (Å²) in [5.74, 6) is 0.724. The highest BCUT2D eigenvalue weighted by Crippen LogP contribution is 2.15. The molecule has 9 heteroatoms. The van der Waals surface area contributed by atoms with E-state index in [4.69, 9.17) is 9.57 Å². The largest absolute Gasteiger partial charge is 0.446 e. The maximum absolute atomic E-state index is 10.8. The molecular weight excluding hydrogens is 354 g/mol. The number of nitrogens with one attached hydrogen (secondary N) is 1. The van der Waals surface area contributed by atoms with Gasteiger partial charge in [-0.3, -0.25) is 0 Å². The molecule has 120 valence electrons. The van der Waals surface area contributed by atoms with Crippen molar-refractivity contribution in [2.24, 2.45) is 5.16 Å². The quantitative estimate of drug-likeness (QED) is 0.624. The Morgan fingerprint density at radius 2 is 2.05 bits per heavy atom.